The van der Waals surface area contributed by atoms with E-state index in [9.17, 15) is 4.79 Å². The number of carbonyl (C=O) groups excluding carboxylic acids is 1. The van der Waals surface area contributed by atoms with Crippen LogP contribution in [0.1, 0.15) is 66.6 Å². The molecule has 0 N–H and O–H groups in total. The summed E-state index contributed by atoms with van der Waals surface area (Å²) in [6.45, 7) is 13.2. The third-order valence-corrected chi connectivity index (χ3v) is 10.9. The number of fused-ring (bicyclic) bond motifs is 3. The van der Waals surface area contributed by atoms with Crippen LogP contribution in [0.3, 0.4) is 0 Å². The summed E-state index contributed by atoms with van der Waals surface area (Å²) < 4.78 is 2.44. The molecule has 1 aliphatic heterocycles. The van der Waals surface area contributed by atoms with Crippen LogP contribution in [0, 0.1) is 19.3 Å². The number of rotatable bonds is 5. The van der Waals surface area contributed by atoms with Gasteiger partial charge in [-0.05, 0) is 104 Å². The highest BCUT2D eigenvalue weighted by Gasteiger charge is 2.30. The summed E-state index contributed by atoms with van der Waals surface area (Å²) in [4.78, 5) is 18.4. The second kappa shape index (κ2) is 10.4. The molecule has 0 unspecified atom stereocenters. The SMILES string of the molecule is Cc1ccc(N2CCN(Sc3ccc4c(c3)C(=O)c3cc(SC5CCC(C)(C)CC5)ccc3-4)CC2)c(C)c1. The van der Waals surface area contributed by atoms with E-state index in [2.05, 4.69) is 91.5 Å². The Morgan fingerprint density at radius 1 is 0.763 bits per heavy atom. The van der Waals surface area contributed by atoms with Crippen molar-refractivity contribution >= 4 is 35.2 Å². The monoisotopic (exact) mass is 542 g/mol. The van der Waals surface area contributed by atoms with E-state index in [4.69, 9.17) is 0 Å². The first kappa shape index (κ1) is 26.0. The lowest BCUT2D eigenvalue weighted by Crippen LogP contribution is -2.43. The van der Waals surface area contributed by atoms with E-state index in [1.807, 2.05) is 11.8 Å². The predicted molar refractivity (Wildman–Crippen MR) is 163 cm³/mol. The van der Waals surface area contributed by atoms with Crippen molar-refractivity contribution in [2.45, 2.75) is 68.4 Å². The predicted octanol–water partition coefficient (Wildman–Crippen LogP) is 8.41. The molecular formula is C33H38N2OS2. The van der Waals surface area contributed by atoms with E-state index in [1.54, 1.807) is 11.9 Å². The van der Waals surface area contributed by atoms with Gasteiger partial charge in [0, 0.05) is 58.0 Å². The van der Waals surface area contributed by atoms with Crippen molar-refractivity contribution in [3.8, 4) is 11.1 Å². The molecule has 0 bridgehead atoms. The normalized spacial score (nSPS) is 19.5. The Balaban J connectivity index is 1.10. The van der Waals surface area contributed by atoms with E-state index in [0.717, 1.165) is 53.3 Å². The first-order valence-corrected chi connectivity index (χ1v) is 15.7. The molecule has 6 rings (SSSR count). The average molecular weight is 543 g/mol. The zero-order valence-electron chi connectivity index (χ0n) is 23.0. The molecule has 2 fully saturated rings. The van der Waals surface area contributed by atoms with Gasteiger partial charge in [0.1, 0.15) is 0 Å². The highest BCUT2D eigenvalue weighted by atomic mass is 32.2. The summed E-state index contributed by atoms with van der Waals surface area (Å²) >= 11 is 3.76. The Kier molecular flexibility index (Phi) is 7.13. The van der Waals surface area contributed by atoms with Crippen LogP contribution < -0.4 is 4.90 Å². The standard InChI is InChI=1S/C33H38N2OS2/c1-22-5-10-31(23(2)19-22)34-15-17-35(18-16-34)38-26-7-9-28-27-8-6-25(20-29(27)32(36)30(28)21-26)37-24-11-13-33(3,4)14-12-24/h5-10,19-21,24H,11-18H2,1-4H3. The molecule has 3 aromatic rings. The number of nitrogens with zero attached hydrogens (tertiary/aromatic N) is 2. The maximum atomic E-state index is 13.5. The van der Waals surface area contributed by atoms with E-state index in [0.29, 0.717) is 10.7 Å². The maximum absolute atomic E-state index is 13.5. The lowest BCUT2D eigenvalue weighted by atomic mass is 9.77. The van der Waals surface area contributed by atoms with Crippen molar-refractivity contribution in [1.29, 1.82) is 0 Å². The van der Waals surface area contributed by atoms with Gasteiger partial charge >= 0.3 is 0 Å². The number of piperazine rings is 1. The molecule has 5 heteroatoms. The molecule has 0 spiro atoms. The van der Waals surface area contributed by atoms with Crippen molar-refractivity contribution < 1.29 is 4.79 Å². The van der Waals surface area contributed by atoms with Gasteiger partial charge in [0.15, 0.2) is 5.78 Å². The summed E-state index contributed by atoms with van der Waals surface area (Å²) in [6, 6.07) is 19.8. The quantitative estimate of drug-likeness (QED) is 0.236. The van der Waals surface area contributed by atoms with Gasteiger partial charge in [0.05, 0.1) is 0 Å². The van der Waals surface area contributed by atoms with Gasteiger partial charge in [-0.25, -0.2) is 4.31 Å². The van der Waals surface area contributed by atoms with E-state index < -0.39 is 0 Å². The minimum absolute atomic E-state index is 0.185. The van der Waals surface area contributed by atoms with Crippen molar-refractivity contribution in [2.75, 3.05) is 31.1 Å². The van der Waals surface area contributed by atoms with Gasteiger partial charge in [-0.1, -0.05) is 43.7 Å². The highest BCUT2D eigenvalue weighted by Crippen LogP contribution is 2.44. The molecule has 1 saturated heterocycles. The third kappa shape index (κ3) is 5.30. The molecule has 3 nitrogen and oxygen atoms in total. The van der Waals surface area contributed by atoms with Crippen LogP contribution in [0.4, 0.5) is 5.69 Å². The Hall–Kier alpha value is -2.21. The third-order valence-electron chi connectivity index (χ3n) is 8.52. The zero-order valence-corrected chi connectivity index (χ0v) is 24.7. The Morgan fingerprint density at radius 3 is 2.05 bits per heavy atom. The van der Waals surface area contributed by atoms with Crippen molar-refractivity contribution in [2.24, 2.45) is 5.41 Å². The van der Waals surface area contributed by atoms with Crippen LogP contribution in [0.15, 0.2) is 64.4 Å². The first-order valence-electron chi connectivity index (χ1n) is 14.0. The largest absolute Gasteiger partial charge is 0.369 e. The van der Waals surface area contributed by atoms with Crippen LogP contribution in [-0.2, 0) is 0 Å². The second-order valence-corrected chi connectivity index (χ2v) is 14.6. The number of ketones is 1. The zero-order chi connectivity index (χ0) is 26.4. The molecular weight excluding hydrogens is 505 g/mol. The van der Waals surface area contributed by atoms with E-state index in [1.165, 1.54) is 47.4 Å². The number of benzene rings is 3. The molecule has 198 valence electrons. The Bertz CT molecular complexity index is 1360. The molecule has 3 aromatic carbocycles. The smallest absolute Gasteiger partial charge is 0.194 e. The molecule has 0 radical (unpaired) electrons. The molecule has 0 atom stereocenters. The van der Waals surface area contributed by atoms with Crippen LogP contribution in [0.2, 0.25) is 0 Å². The maximum Gasteiger partial charge on any atom is 0.194 e. The number of carbonyl (C=O) groups is 1. The number of anilines is 1. The van der Waals surface area contributed by atoms with Gasteiger partial charge in [0.2, 0.25) is 0 Å². The van der Waals surface area contributed by atoms with Crippen molar-refractivity contribution in [3.63, 3.8) is 0 Å². The molecule has 1 saturated carbocycles. The summed E-state index contributed by atoms with van der Waals surface area (Å²) in [6.07, 6.45) is 5.12. The summed E-state index contributed by atoms with van der Waals surface area (Å²) in [5.74, 6) is 0.185. The summed E-state index contributed by atoms with van der Waals surface area (Å²) in [5.41, 5.74) is 8.43. The number of thioether (sulfide) groups is 1. The van der Waals surface area contributed by atoms with Gasteiger partial charge < -0.3 is 4.90 Å². The fraction of sp³-hybridized carbons (Fsp3) is 0.424. The van der Waals surface area contributed by atoms with E-state index in [-0.39, 0.29) is 5.78 Å². The fourth-order valence-electron chi connectivity index (χ4n) is 6.18. The van der Waals surface area contributed by atoms with Crippen LogP contribution >= 0.6 is 23.7 Å². The molecule has 0 amide bonds. The van der Waals surface area contributed by atoms with Gasteiger partial charge in [-0.3, -0.25) is 4.79 Å². The lowest BCUT2D eigenvalue weighted by molar-refractivity contribution is 0.104. The first-order chi connectivity index (χ1) is 18.3. The van der Waals surface area contributed by atoms with Crippen LogP contribution in [-0.4, -0.2) is 41.5 Å². The highest BCUT2D eigenvalue weighted by molar-refractivity contribution is 8.00. The fourth-order valence-corrected chi connectivity index (χ4v) is 8.31. The van der Waals surface area contributed by atoms with Crippen LogP contribution in [0.25, 0.3) is 11.1 Å². The van der Waals surface area contributed by atoms with Crippen molar-refractivity contribution in [3.05, 3.63) is 76.9 Å². The number of hydrogen-bond acceptors (Lipinski definition) is 5. The molecule has 0 aromatic heterocycles. The molecule has 1 heterocycles. The molecule has 3 aliphatic rings. The van der Waals surface area contributed by atoms with E-state index >= 15 is 0 Å². The minimum atomic E-state index is 0.185. The van der Waals surface area contributed by atoms with Crippen LogP contribution in [0.5, 0.6) is 0 Å². The topological polar surface area (TPSA) is 23.6 Å². The number of aryl methyl sites for hydroxylation is 2. The van der Waals surface area contributed by atoms with Gasteiger partial charge in [-0.2, -0.15) is 0 Å². The summed E-state index contributed by atoms with van der Waals surface area (Å²) in [7, 11) is 0. The Labute approximate surface area is 236 Å². The summed E-state index contributed by atoms with van der Waals surface area (Å²) in [5, 5.41) is 0.665. The van der Waals surface area contributed by atoms with Gasteiger partial charge in [0.25, 0.3) is 0 Å². The second-order valence-electron chi connectivity index (χ2n) is 12.0. The molecule has 2 aliphatic carbocycles. The number of hydrogen-bond donors (Lipinski definition) is 0. The Morgan fingerprint density at radius 2 is 1.39 bits per heavy atom. The van der Waals surface area contributed by atoms with Crippen molar-refractivity contribution in [1.82, 2.24) is 4.31 Å². The molecule has 38 heavy (non-hydrogen) atoms. The lowest BCUT2D eigenvalue weighted by Gasteiger charge is -2.36. The minimum Gasteiger partial charge on any atom is -0.369 e. The van der Waals surface area contributed by atoms with Gasteiger partial charge in [-0.15, -0.1) is 11.8 Å². The average Bonchev–Trinajstić information content (AvgIpc) is 3.17.